The van der Waals surface area contributed by atoms with Crippen molar-refractivity contribution in [3.8, 4) is 0 Å². The second-order valence-electron chi connectivity index (χ2n) is 12.8. The zero-order chi connectivity index (χ0) is 34.2. The fourth-order valence-corrected chi connectivity index (χ4v) is 5.69. The number of rotatable bonds is 9. The molecule has 0 bridgehead atoms. The van der Waals surface area contributed by atoms with Gasteiger partial charge in [0.05, 0.1) is 18.5 Å². The number of nitrogens with one attached hydrogen (secondary N) is 3. The molecule has 3 amide bonds. The second-order valence-corrected chi connectivity index (χ2v) is 12.8. The molecular formula is C33H42F2N4O8. The SMILES string of the molecule is COC(=O)C1(c2ccc(NC(=O)OC(C)(C)C)c(NC(=O)[C@@H](NC(=O)OCc3ccccc3)C3CCC(F)(F)CC3)n2)CCOCC1. The summed E-state index contributed by atoms with van der Waals surface area (Å²) in [7, 11) is 1.27. The van der Waals surface area contributed by atoms with Crippen molar-refractivity contribution >= 4 is 35.6 Å². The molecule has 14 heteroatoms. The standard InChI is InChI=1S/C33H42F2N4O8/c1-31(2,3)47-30(43)36-23-10-11-24(32(28(41)44-4)16-18-45-19-17-32)37-26(23)39-27(40)25(22-12-14-33(34,35)15-13-22)38-29(42)46-20-21-8-6-5-7-9-21/h5-11,22,25H,12-20H2,1-4H3,(H,36,43)(H,38,42)(H,37,39,40)/t25-/m0/s1. The maximum atomic E-state index is 14.1. The topological polar surface area (TPSA) is 154 Å². The third-order valence-corrected chi connectivity index (χ3v) is 8.19. The third-order valence-electron chi connectivity index (χ3n) is 8.19. The summed E-state index contributed by atoms with van der Waals surface area (Å²) >= 11 is 0. The smallest absolute Gasteiger partial charge is 0.412 e. The maximum absolute atomic E-state index is 14.1. The van der Waals surface area contributed by atoms with E-state index in [1.54, 1.807) is 51.1 Å². The third kappa shape index (κ3) is 9.60. The lowest BCUT2D eigenvalue weighted by atomic mass is 9.77. The molecule has 1 saturated heterocycles. The van der Waals surface area contributed by atoms with Gasteiger partial charge in [0.2, 0.25) is 11.8 Å². The van der Waals surface area contributed by atoms with Gasteiger partial charge in [-0.3, -0.25) is 14.9 Å². The van der Waals surface area contributed by atoms with Gasteiger partial charge in [0.1, 0.15) is 23.7 Å². The Morgan fingerprint density at radius 3 is 2.23 bits per heavy atom. The van der Waals surface area contributed by atoms with Gasteiger partial charge in [0, 0.05) is 26.1 Å². The fraction of sp³-hybridized carbons (Fsp3) is 0.545. The van der Waals surface area contributed by atoms with E-state index >= 15 is 0 Å². The van der Waals surface area contributed by atoms with Crippen LogP contribution in [0, 0.1) is 5.92 Å². The lowest BCUT2D eigenvalue weighted by molar-refractivity contribution is -0.151. The zero-order valence-corrected chi connectivity index (χ0v) is 27.0. The van der Waals surface area contributed by atoms with Crippen molar-refractivity contribution in [1.82, 2.24) is 10.3 Å². The zero-order valence-electron chi connectivity index (χ0n) is 27.0. The molecule has 1 saturated carbocycles. The summed E-state index contributed by atoms with van der Waals surface area (Å²) in [6.07, 6.45) is -2.20. The first-order chi connectivity index (χ1) is 22.2. The number of esters is 1. The van der Waals surface area contributed by atoms with Gasteiger partial charge in [0.25, 0.3) is 0 Å². The first kappa shape index (κ1) is 35.5. The quantitative estimate of drug-likeness (QED) is 0.227. The average molecular weight is 661 g/mol. The van der Waals surface area contributed by atoms with Crippen LogP contribution in [0.3, 0.4) is 0 Å². The fourth-order valence-electron chi connectivity index (χ4n) is 5.69. The van der Waals surface area contributed by atoms with Crippen LogP contribution in [-0.4, -0.2) is 66.9 Å². The van der Waals surface area contributed by atoms with Crippen molar-refractivity contribution in [2.75, 3.05) is 31.0 Å². The van der Waals surface area contributed by atoms with Crippen molar-refractivity contribution in [3.05, 3.63) is 53.7 Å². The highest BCUT2D eigenvalue weighted by atomic mass is 19.3. The van der Waals surface area contributed by atoms with Gasteiger partial charge in [0.15, 0.2) is 5.82 Å². The summed E-state index contributed by atoms with van der Waals surface area (Å²) in [5.74, 6) is -4.98. The summed E-state index contributed by atoms with van der Waals surface area (Å²) in [4.78, 5) is 57.3. The van der Waals surface area contributed by atoms with Gasteiger partial charge in [-0.2, -0.15) is 0 Å². The van der Waals surface area contributed by atoms with E-state index in [1.807, 2.05) is 6.07 Å². The van der Waals surface area contributed by atoms with E-state index in [1.165, 1.54) is 13.2 Å². The molecule has 1 aliphatic heterocycles. The summed E-state index contributed by atoms with van der Waals surface area (Å²) in [6, 6.07) is 10.6. The molecule has 3 N–H and O–H groups in total. The van der Waals surface area contributed by atoms with Crippen LogP contribution in [0.2, 0.25) is 0 Å². The molecule has 2 heterocycles. The number of halogens is 2. The molecule has 2 aliphatic rings. The molecule has 12 nitrogen and oxygen atoms in total. The van der Waals surface area contributed by atoms with Crippen LogP contribution >= 0.6 is 0 Å². The molecular weight excluding hydrogens is 618 g/mol. The lowest BCUT2D eigenvalue weighted by Crippen LogP contribution is -2.50. The van der Waals surface area contributed by atoms with Crippen LogP contribution in [0.5, 0.6) is 0 Å². The Bertz CT molecular complexity index is 1420. The van der Waals surface area contributed by atoms with Crippen LogP contribution in [0.1, 0.15) is 70.6 Å². The Balaban J connectivity index is 1.65. The Morgan fingerprint density at radius 2 is 1.62 bits per heavy atom. The molecule has 1 aliphatic carbocycles. The highest BCUT2D eigenvalue weighted by Crippen LogP contribution is 2.39. The highest BCUT2D eigenvalue weighted by molar-refractivity contribution is 6.00. The molecule has 0 spiro atoms. The van der Waals surface area contributed by atoms with Crippen LogP contribution in [0.4, 0.5) is 29.9 Å². The number of ether oxygens (including phenoxy) is 4. The van der Waals surface area contributed by atoms with Crippen LogP contribution in [-0.2, 0) is 40.6 Å². The number of methoxy groups -OCH3 is 1. The minimum absolute atomic E-state index is 0.0357. The minimum Gasteiger partial charge on any atom is -0.468 e. The van der Waals surface area contributed by atoms with Crippen molar-refractivity contribution in [2.45, 2.75) is 88.9 Å². The number of nitrogens with zero attached hydrogens (tertiary/aromatic N) is 1. The first-order valence-electron chi connectivity index (χ1n) is 15.5. The number of anilines is 2. The van der Waals surface area contributed by atoms with E-state index in [4.69, 9.17) is 18.9 Å². The number of aromatic nitrogens is 1. The number of amides is 3. The van der Waals surface area contributed by atoms with Crippen molar-refractivity contribution in [3.63, 3.8) is 0 Å². The predicted molar refractivity (Wildman–Crippen MR) is 167 cm³/mol. The number of alkyl carbamates (subject to hydrolysis) is 1. The van der Waals surface area contributed by atoms with E-state index in [0.717, 1.165) is 0 Å². The minimum atomic E-state index is -2.88. The van der Waals surface area contributed by atoms with Crippen molar-refractivity contribution < 1.29 is 46.9 Å². The molecule has 0 unspecified atom stereocenters. The van der Waals surface area contributed by atoms with Gasteiger partial charge in [-0.25, -0.2) is 23.4 Å². The average Bonchev–Trinajstić information content (AvgIpc) is 3.03. The van der Waals surface area contributed by atoms with Gasteiger partial charge < -0.3 is 29.6 Å². The number of pyridine rings is 1. The number of hydrogen-bond acceptors (Lipinski definition) is 9. The molecule has 256 valence electrons. The highest BCUT2D eigenvalue weighted by Gasteiger charge is 2.45. The number of hydrogen-bond donors (Lipinski definition) is 3. The Kier molecular flexibility index (Phi) is 11.4. The number of carbonyl (C=O) groups excluding carboxylic acids is 4. The number of benzene rings is 1. The number of carbonyl (C=O) groups is 4. The predicted octanol–water partition coefficient (Wildman–Crippen LogP) is 5.71. The van der Waals surface area contributed by atoms with E-state index in [9.17, 15) is 28.0 Å². The molecule has 1 aromatic carbocycles. The summed E-state index contributed by atoms with van der Waals surface area (Å²) < 4.78 is 49.5. The Labute approximate surface area is 272 Å². The molecule has 47 heavy (non-hydrogen) atoms. The van der Waals surface area contributed by atoms with Gasteiger partial charge >= 0.3 is 18.2 Å². The Morgan fingerprint density at radius 1 is 0.957 bits per heavy atom. The molecule has 4 rings (SSSR count). The summed E-state index contributed by atoms with van der Waals surface area (Å²) in [6.45, 7) is 5.50. The van der Waals surface area contributed by atoms with Gasteiger partial charge in [-0.1, -0.05) is 30.3 Å². The van der Waals surface area contributed by atoms with Crippen molar-refractivity contribution in [2.24, 2.45) is 5.92 Å². The normalized spacial score (nSPS) is 18.3. The second kappa shape index (κ2) is 15.1. The molecule has 1 aromatic heterocycles. The molecule has 0 radical (unpaired) electrons. The van der Waals surface area contributed by atoms with E-state index in [0.29, 0.717) is 5.56 Å². The van der Waals surface area contributed by atoms with Crippen LogP contribution in [0.15, 0.2) is 42.5 Å². The van der Waals surface area contributed by atoms with E-state index in [2.05, 4.69) is 20.9 Å². The summed E-state index contributed by atoms with van der Waals surface area (Å²) in [5.41, 5.74) is -1.00. The number of alkyl halides is 2. The summed E-state index contributed by atoms with van der Waals surface area (Å²) in [5, 5.41) is 7.80. The van der Waals surface area contributed by atoms with Crippen LogP contribution < -0.4 is 16.0 Å². The molecule has 1 atom stereocenters. The Hall–Kier alpha value is -4.33. The van der Waals surface area contributed by atoms with Gasteiger partial charge in [-0.05, 0) is 70.1 Å². The van der Waals surface area contributed by atoms with E-state index in [-0.39, 0.29) is 62.7 Å². The van der Waals surface area contributed by atoms with Gasteiger partial charge in [-0.15, -0.1) is 0 Å². The maximum Gasteiger partial charge on any atom is 0.412 e. The lowest BCUT2D eigenvalue weighted by Gasteiger charge is -2.34. The largest absolute Gasteiger partial charge is 0.468 e. The molecule has 2 fully saturated rings. The first-order valence-corrected chi connectivity index (χ1v) is 15.5. The van der Waals surface area contributed by atoms with Crippen molar-refractivity contribution in [1.29, 1.82) is 0 Å². The molecule has 2 aromatic rings. The monoisotopic (exact) mass is 660 g/mol. The van der Waals surface area contributed by atoms with Crippen LogP contribution in [0.25, 0.3) is 0 Å². The van der Waals surface area contributed by atoms with E-state index < -0.39 is 65.8 Å².